The first-order valence-electron chi connectivity index (χ1n) is 7.73. The summed E-state index contributed by atoms with van der Waals surface area (Å²) >= 11 is 0. The molecule has 22 heavy (non-hydrogen) atoms. The Balaban J connectivity index is 2.85. The Bertz CT molecular complexity index is 468. The van der Waals surface area contributed by atoms with E-state index in [4.69, 9.17) is 9.47 Å². The van der Waals surface area contributed by atoms with Crippen molar-refractivity contribution in [3.8, 4) is 5.75 Å². The molecule has 1 rings (SSSR count). The summed E-state index contributed by atoms with van der Waals surface area (Å²) in [5.74, 6) is 0.397. The summed E-state index contributed by atoms with van der Waals surface area (Å²) in [5, 5.41) is 3.46. The molecule has 4 heteroatoms. The third-order valence-electron chi connectivity index (χ3n) is 3.62. The number of hydrogen-bond donors (Lipinski definition) is 1. The van der Waals surface area contributed by atoms with Crippen molar-refractivity contribution in [2.45, 2.75) is 45.8 Å². The molecule has 0 aliphatic carbocycles. The van der Waals surface area contributed by atoms with E-state index < -0.39 is 5.60 Å². The number of benzene rings is 1. The van der Waals surface area contributed by atoms with E-state index in [2.05, 4.69) is 25.2 Å². The highest BCUT2D eigenvalue weighted by Crippen LogP contribution is 2.23. The maximum Gasteiger partial charge on any atom is 0.123 e. The van der Waals surface area contributed by atoms with Gasteiger partial charge < -0.3 is 14.8 Å². The molecule has 1 aromatic rings. The second kappa shape index (κ2) is 8.91. The third-order valence-corrected chi connectivity index (χ3v) is 3.62. The molecule has 0 saturated carbocycles. The van der Waals surface area contributed by atoms with Crippen molar-refractivity contribution in [3.63, 3.8) is 0 Å². The van der Waals surface area contributed by atoms with Crippen LogP contribution < -0.4 is 10.1 Å². The van der Waals surface area contributed by atoms with Crippen molar-refractivity contribution >= 4 is 0 Å². The SMILES string of the molecule is CC/C(C)=C\C(NCCOC)C(C)(C)Oc1ccc(F)cc1. The lowest BCUT2D eigenvalue weighted by Crippen LogP contribution is -2.50. The van der Waals surface area contributed by atoms with Gasteiger partial charge in [-0.05, 0) is 51.5 Å². The first-order valence-corrected chi connectivity index (χ1v) is 7.73. The fourth-order valence-electron chi connectivity index (χ4n) is 2.09. The quantitative estimate of drug-likeness (QED) is 0.553. The van der Waals surface area contributed by atoms with Crippen LogP contribution in [0.15, 0.2) is 35.9 Å². The normalized spacial score (nSPS) is 14.0. The summed E-state index contributed by atoms with van der Waals surface area (Å²) in [6.45, 7) is 9.68. The molecule has 1 N–H and O–H groups in total. The van der Waals surface area contributed by atoms with Gasteiger partial charge in [-0.15, -0.1) is 0 Å². The van der Waals surface area contributed by atoms with Crippen LogP contribution in [-0.2, 0) is 4.74 Å². The minimum atomic E-state index is -0.470. The van der Waals surface area contributed by atoms with Crippen molar-refractivity contribution in [2.24, 2.45) is 0 Å². The first-order chi connectivity index (χ1) is 10.4. The van der Waals surface area contributed by atoms with Crippen molar-refractivity contribution in [1.82, 2.24) is 5.32 Å². The van der Waals surface area contributed by atoms with Gasteiger partial charge in [0, 0.05) is 13.7 Å². The number of halogens is 1. The van der Waals surface area contributed by atoms with E-state index in [1.54, 1.807) is 19.2 Å². The molecular weight excluding hydrogens is 281 g/mol. The van der Waals surface area contributed by atoms with Crippen LogP contribution in [0.3, 0.4) is 0 Å². The summed E-state index contributed by atoms with van der Waals surface area (Å²) < 4.78 is 24.2. The Labute approximate surface area is 133 Å². The zero-order valence-corrected chi connectivity index (χ0v) is 14.3. The van der Waals surface area contributed by atoms with E-state index >= 15 is 0 Å². The molecule has 0 bridgehead atoms. The van der Waals surface area contributed by atoms with Crippen LogP contribution in [0, 0.1) is 5.82 Å². The van der Waals surface area contributed by atoms with Crippen molar-refractivity contribution in [3.05, 3.63) is 41.7 Å². The predicted octanol–water partition coefficient (Wildman–Crippen LogP) is 3.94. The van der Waals surface area contributed by atoms with Gasteiger partial charge in [-0.3, -0.25) is 0 Å². The van der Waals surface area contributed by atoms with Crippen LogP contribution in [0.25, 0.3) is 0 Å². The fourth-order valence-corrected chi connectivity index (χ4v) is 2.09. The first kappa shape index (κ1) is 18.7. The Morgan fingerprint density at radius 2 is 1.95 bits per heavy atom. The van der Waals surface area contributed by atoms with Gasteiger partial charge in [-0.2, -0.15) is 0 Å². The molecule has 1 unspecified atom stereocenters. The van der Waals surface area contributed by atoms with Gasteiger partial charge in [-0.1, -0.05) is 18.6 Å². The molecule has 0 radical (unpaired) electrons. The van der Waals surface area contributed by atoms with E-state index in [1.165, 1.54) is 17.7 Å². The van der Waals surface area contributed by atoms with E-state index in [0.29, 0.717) is 12.4 Å². The third kappa shape index (κ3) is 6.16. The van der Waals surface area contributed by atoms with Crippen LogP contribution in [0.1, 0.15) is 34.1 Å². The van der Waals surface area contributed by atoms with Gasteiger partial charge in [0.25, 0.3) is 0 Å². The van der Waals surface area contributed by atoms with E-state index in [-0.39, 0.29) is 11.9 Å². The molecule has 0 fully saturated rings. The zero-order valence-electron chi connectivity index (χ0n) is 14.3. The molecule has 0 amide bonds. The van der Waals surface area contributed by atoms with Gasteiger partial charge >= 0.3 is 0 Å². The van der Waals surface area contributed by atoms with Gasteiger partial charge in [0.2, 0.25) is 0 Å². The van der Waals surface area contributed by atoms with Gasteiger partial charge in [-0.25, -0.2) is 4.39 Å². The molecule has 3 nitrogen and oxygen atoms in total. The van der Waals surface area contributed by atoms with Crippen molar-refractivity contribution in [1.29, 1.82) is 0 Å². The Morgan fingerprint density at radius 3 is 2.50 bits per heavy atom. The molecule has 124 valence electrons. The number of rotatable bonds is 9. The molecule has 0 aliphatic rings. The number of methoxy groups -OCH3 is 1. The highest BCUT2D eigenvalue weighted by molar-refractivity contribution is 5.24. The Hall–Kier alpha value is -1.39. The second-order valence-electron chi connectivity index (χ2n) is 5.95. The molecule has 0 aliphatic heterocycles. The summed E-state index contributed by atoms with van der Waals surface area (Å²) in [5.41, 5.74) is 0.827. The molecule has 0 saturated heterocycles. The van der Waals surface area contributed by atoms with E-state index in [0.717, 1.165) is 13.0 Å². The molecular formula is C18H28FNO2. The summed E-state index contributed by atoms with van der Waals surface area (Å²) in [6.07, 6.45) is 3.19. The minimum Gasteiger partial charge on any atom is -0.486 e. The molecule has 1 aromatic carbocycles. The average molecular weight is 309 g/mol. The summed E-state index contributed by atoms with van der Waals surface area (Å²) in [4.78, 5) is 0. The summed E-state index contributed by atoms with van der Waals surface area (Å²) in [6, 6.07) is 6.16. The maximum atomic E-state index is 13.0. The van der Waals surface area contributed by atoms with Crippen molar-refractivity contribution < 1.29 is 13.9 Å². The zero-order chi connectivity index (χ0) is 16.6. The number of hydrogen-bond acceptors (Lipinski definition) is 3. The smallest absolute Gasteiger partial charge is 0.123 e. The number of allylic oxidation sites excluding steroid dienone is 1. The minimum absolute atomic E-state index is 0.0349. The Kier molecular flexibility index (Phi) is 7.56. The fraction of sp³-hybridized carbons (Fsp3) is 0.556. The van der Waals surface area contributed by atoms with Crippen LogP contribution in [0.4, 0.5) is 4.39 Å². The lowest BCUT2D eigenvalue weighted by atomic mass is 9.95. The summed E-state index contributed by atoms with van der Waals surface area (Å²) in [7, 11) is 1.68. The monoisotopic (exact) mass is 309 g/mol. The predicted molar refractivity (Wildman–Crippen MR) is 88.8 cm³/mol. The molecule has 0 heterocycles. The molecule has 0 spiro atoms. The molecule has 0 aromatic heterocycles. The Morgan fingerprint density at radius 1 is 1.32 bits per heavy atom. The van der Waals surface area contributed by atoms with E-state index in [1.807, 2.05) is 13.8 Å². The van der Waals surface area contributed by atoms with Crippen molar-refractivity contribution in [2.75, 3.05) is 20.3 Å². The number of nitrogens with one attached hydrogen (secondary N) is 1. The lowest BCUT2D eigenvalue weighted by Gasteiger charge is -2.34. The standard InChI is InChI=1S/C18H28FNO2/c1-6-14(2)13-17(20-11-12-21-5)18(3,4)22-16-9-7-15(19)8-10-16/h7-10,13,17,20H,6,11-12H2,1-5H3/b14-13-. The average Bonchev–Trinajstić information content (AvgIpc) is 2.48. The van der Waals surface area contributed by atoms with Gasteiger partial charge in [0.15, 0.2) is 0 Å². The van der Waals surface area contributed by atoms with Crippen LogP contribution in [0.2, 0.25) is 0 Å². The lowest BCUT2D eigenvalue weighted by molar-refractivity contribution is 0.0774. The molecule has 1 atom stereocenters. The highest BCUT2D eigenvalue weighted by Gasteiger charge is 2.29. The highest BCUT2D eigenvalue weighted by atomic mass is 19.1. The second-order valence-corrected chi connectivity index (χ2v) is 5.95. The number of ether oxygens (including phenoxy) is 2. The van der Waals surface area contributed by atoms with Crippen LogP contribution in [-0.4, -0.2) is 31.9 Å². The largest absolute Gasteiger partial charge is 0.486 e. The van der Waals surface area contributed by atoms with E-state index in [9.17, 15) is 4.39 Å². The van der Waals surface area contributed by atoms with Gasteiger partial charge in [0.1, 0.15) is 17.2 Å². The van der Waals surface area contributed by atoms with Crippen LogP contribution in [0.5, 0.6) is 5.75 Å². The van der Waals surface area contributed by atoms with Crippen LogP contribution >= 0.6 is 0 Å². The topological polar surface area (TPSA) is 30.5 Å². The maximum absolute atomic E-state index is 13.0. The van der Waals surface area contributed by atoms with Gasteiger partial charge in [0.05, 0.1) is 12.6 Å².